The minimum absolute atomic E-state index is 0.0570. The van der Waals surface area contributed by atoms with Crippen molar-refractivity contribution in [3.63, 3.8) is 0 Å². The van der Waals surface area contributed by atoms with E-state index in [0.29, 0.717) is 6.54 Å². The molecule has 0 fully saturated rings. The van der Waals surface area contributed by atoms with E-state index in [4.69, 9.17) is 0 Å². The summed E-state index contributed by atoms with van der Waals surface area (Å²) in [6.45, 7) is 4.49. The Morgan fingerprint density at radius 3 is 2.60 bits per heavy atom. The van der Waals surface area contributed by atoms with Crippen molar-refractivity contribution in [1.29, 1.82) is 0 Å². The molecule has 1 amide bonds. The SMILES string of the molecule is Cc1ccccc1CN(C)C(=O)C(C)S. The highest BCUT2D eigenvalue weighted by Crippen LogP contribution is 2.10. The molecule has 0 aliphatic rings. The summed E-state index contributed by atoms with van der Waals surface area (Å²) >= 11 is 4.13. The van der Waals surface area contributed by atoms with Gasteiger partial charge in [0.05, 0.1) is 5.25 Å². The second-order valence-corrected chi connectivity index (χ2v) is 4.57. The molecule has 1 aromatic rings. The predicted octanol–water partition coefficient (Wildman–Crippen LogP) is 2.27. The Hall–Kier alpha value is -0.960. The van der Waals surface area contributed by atoms with Crippen LogP contribution in [0.25, 0.3) is 0 Å². The van der Waals surface area contributed by atoms with Crippen molar-refractivity contribution >= 4 is 18.5 Å². The maximum absolute atomic E-state index is 11.6. The van der Waals surface area contributed by atoms with Gasteiger partial charge in [0.2, 0.25) is 5.91 Å². The highest BCUT2D eigenvalue weighted by Gasteiger charge is 2.14. The molecule has 1 atom stereocenters. The first-order chi connectivity index (χ1) is 7.02. The van der Waals surface area contributed by atoms with E-state index < -0.39 is 0 Å². The molecule has 1 aromatic carbocycles. The van der Waals surface area contributed by atoms with Gasteiger partial charge in [-0.05, 0) is 25.0 Å². The molecule has 15 heavy (non-hydrogen) atoms. The van der Waals surface area contributed by atoms with Crippen LogP contribution in [0.15, 0.2) is 24.3 Å². The van der Waals surface area contributed by atoms with E-state index in [1.807, 2.05) is 25.2 Å². The Morgan fingerprint density at radius 2 is 2.07 bits per heavy atom. The first-order valence-electron chi connectivity index (χ1n) is 5.00. The molecule has 0 bridgehead atoms. The van der Waals surface area contributed by atoms with Crippen molar-refractivity contribution in [2.45, 2.75) is 25.6 Å². The Balaban J connectivity index is 2.71. The van der Waals surface area contributed by atoms with Crippen LogP contribution in [0.1, 0.15) is 18.1 Å². The van der Waals surface area contributed by atoms with E-state index in [-0.39, 0.29) is 11.2 Å². The minimum Gasteiger partial charge on any atom is -0.340 e. The molecule has 0 spiro atoms. The van der Waals surface area contributed by atoms with E-state index in [1.165, 1.54) is 11.1 Å². The summed E-state index contributed by atoms with van der Waals surface area (Å²) in [4.78, 5) is 13.3. The molecular weight excluding hydrogens is 206 g/mol. The maximum Gasteiger partial charge on any atom is 0.235 e. The number of hydrogen-bond donors (Lipinski definition) is 1. The Labute approximate surface area is 96.7 Å². The third-order valence-electron chi connectivity index (χ3n) is 2.40. The topological polar surface area (TPSA) is 20.3 Å². The van der Waals surface area contributed by atoms with Crippen LogP contribution < -0.4 is 0 Å². The second-order valence-electron chi connectivity index (χ2n) is 3.80. The zero-order valence-electron chi connectivity index (χ0n) is 9.40. The highest BCUT2D eigenvalue weighted by atomic mass is 32.1. The van der Waals surface area contributed by atoms with Crippen LogP contribution in [-0.2, 0) is 11.3 Å². The van der Waals surface area contributed by atoms with Gasteiger partial charge in [-0.1, -0.05) is 24.3 Å². The number of hydrogen-bond acceptors (Lipinski definition) is 2. The summed E-state index contributed by atoms with van der Waals surface area (Å²) < 4.78 is 0. The summed E-state index contributed by atoms with van der Waals surface area (Å²) in [6, 6.07) is 8.09. The van der Waals surface area contributed by atoms with Gasteiger partial charge < -0.3 is 4.90 Å². The van der Waals surface area contributed by atoms with E-state index in [0.717, 1.165) is 0 Å². The summed E-state index contributed by atoms with van der Waals surface area (Å²) in [6.07, 6.45) is 0. The fourth-order valence-corrected chi connectivity index (χ4v) is 1.64. The quantitative estimate of drug-likeness (QED) is 0.779. The Morgan fingerprint density at radius 1 is 1.47 bits per heavy atom. The van der Waals surface area contributed by atoms with Gasteiger partial charge in [0.15, 0.2) is 0 Å². The third-order valence-corrected chi connectivity index (χ3v) is 2.62. The van der Waals surface area contributed by atoms with Crippen molar-refractivity contribution in [3.8, 4) is 0 Å². The molecule has 3 heteroatoms. The molecule has 0 N–H and O–H groups in total. The molecule has 0 heterocycles. The van der Waals surface area contributed by atoms with Gasteiger partial charge in [-0.15, -0.1) is 0 Å². The Kier molecular flexibility index (Phi) is 4.21. The largest absolute Gasteiger partial charge is 0.340 e. The van der Waals surface area contributed by atoms with Crippen LogP contribution in [0, 0.1) is 6.92 Å². The standard InChI is InChI=1S/C12H17NOS/c1-9-6-4-5-7-11(9)8-13(3)12(14)10(2)15/h4-7,10,15H,8H2,1-3H3. The average molecular weight is 223 g/mol. The lowest BCUT2D eigenvalue weighted by atomic mass is 10.1. The molecule has 0 saturated heterocycles. The number of amides is 1. The molecule has 0 saturated carbocycles. The van der Waals surface area contributed by atoms with Gasteiger partial charge in [0, 0.05) is 13.6 Å². The molecule has 82 valence electrons. The van der Waals surface area contributed by atoms with Crippen LogP contribution in [0.3, 0.4) is 0 Å². The zero-order valence-corrected chi connectivity index (χ0v) is 10.3. The predicted molar refractivity (Wildman–Crippen MR) is 66.1 cm³/mol. The highest BCUT2D eigenvalue weighted by molar-refractivity contribution is 7.81. The summed E-state index contributed by atoms with van der Waals surface area (Å²) in [5, 5.41) is -0.237. The molecular formula is C12H17NOS. The van der Waals surface area contributed by atoms with Crippen molar-refractivity contribution in [2.75, 3.05) is 7.05 Å². The van der Waals surface area contributed by atoms with Crippen LogP contribution in [0.5, 0.6) is 0 Å². The van der Waals surface area contributed by atoms with E-state index in [1.54, 1.807) is 11.8 Å². The lowest BCUT2D eigenvalue weighted by molar-refractivity contribution is -0.129. The molecule has 0 aromatic heterocycles. The van der Waals surface area contributed by atoms with Gasteiger partial charge in [-0.3, -0.25) is 4.79 Å². The van der Waals surface area contributed by atoms with Gasteiger partial charge >= 0.3 is 0 Å². The third kappa shape index (κ3) is 3.27. The summed E-state index contributed by atoms with van der Waals surface area (Å²) in [7, 11) is 1.81. The first-order valence-corrected chi connectivity index (χ1v) is 5.51. The molecule has 1 unspecified atom stereocenters. The number of carbonyl (C=O) groups excluding carboxylic acids is 1. The lowest BCUT2D eigenvalue weighted by Gasteiger charge is -2.20. The van der Waals surface area contributed by atoms with Gasteiger partial charge in [-0.25, -0.2) is 0 Å². The van der Waals surface area contributed by atoms with Gasteiger partial charge in [0.1, 0.15) is 0 Å². The molecule has 2 nitrogen and oxygen atoms in total. The molecule has 0 radical (unpaired) electrons. The summed E-state index contributed by atoms with van der Waals surface area (Å²) in [5.41, 5.74) is 2.39. The van der Waals surface area contributed by atoms with Crippen LogP contribution in [0.4, 0.5) is 0 Å². The molecule has 0 aliphatic heterocycles. The maximum atomic E-state index is 11.6. The van der Waals surface area contributed by atoms with E-state index >= 15 is 0 Å². The summed E-state index contributed by atoms with van der Waals surface area (Å²) in [5.74, 6) is 0.0570. The fraction of sp³-hybridized carbons (Fsp3) is 0.417. The van der Waals surface area contributed by atoms with Crippen molar-refractivity contribution < 1.29 is 4.79 Å². The van der Waals surface area contributed by atoms with Crippen molar-refractivity contribution in [3.05, 3.63) is 35.4 Å². The average Bonchev–Trinajstić information content (AvgIpc) is 2.20. The van der Waals surface area contributed by atoms with Gasteiger partial charge in [-0.2, -0.15) is 12.6 Å². The van der Waals surface area contributed by atoms with Crippen molar-refractivity contribution in [2.24, 2.45) is 0 Å². The van der Waals surface area contributed by atoms with Crippen molar-refractivity contribution in [1.82, 2.24) is 4.90 Å². The molecule has 1 rings (SSSR count). The number of thiol groups is 1. The second kappa shape index (κ2) is 5.21. The van der Waals surface area contributed by atoms with Crippen LogP contribution >= 0.6 is 12.6 Å². The minimum atomic E-state index is -0.237. The van der Waals surface area contributed by atoms with Crippen LogP contribution in [0.2, 0.25) is 0 Å². The number of aryl methyl sites for hydroxylation is 1. The van der Waals surface area contributed by atoms with Gasteiger partial charge in [0.25, 0.3) is 0 Å². The smallest absolute Gasteiger partial charge is 0.235 e. The number of benzene rings is 1. The van der Waals surface area contributed by atoms with E-state index in [9.17, 15) is 4.79 Å². The normalized spacial score (nSPS) is 12.3. The van der Waals surface area contributed by atoms with Crippen LogP contribution in [-0.4, -0.2) is 23.1 Å². The number of nitrogens with zero attached hydrogens (tertiary/aromatic N) is 1. The number of rotatable bonds is 3. The first kappa shape index (κ1) is 12.1. The number of carbonyl (C=O) groups is 1. The van der Waals surface area contributed by atoms with E-state index in [2.05, 4.69) is 25.6 Å². The Bertz CT molecular complexity index is 349. The molecule has 0 aliphatic carbocycles. The zero-order chi connectivity index (χ0) is 11.4. The monoisotopic (exact) mass is 223 g/mol. The fourth-order valence-electron chi connectivity index (χ4n) is 1.44. The lowest BCUT2D eigenvalue weighted by Crippen LogP contribution is -2.31.